The highest BCUT2D eigenvalue weighted by Gasteiger charge is 2.17. The number of hydrogen-bond acceptors (Lipinski definition) is 1. The molecule has 0 radical (unpaired) electrons. The van der Waals surface area contributed by atoms with Crippen LogP contribution in [-0.4, -0.2) is 5.24 Å². The van der Waals surface area contributed by atoms with Gasteiger partial charge in [0, 0.05) is 5.92 Å². The van der Waals surface area contributed by atoms with Crippen LogP contribution in [0.3, 0.4) is 0 Å². The van der Waals surface area contributed by atoms with Crippen LogP contribution in [0.15, 0.2) is 0 Å². The summed E-state index contributed by atoms with van der Waals surface area (Å²) in [6, 6.07) is 0. The van der Waals surface area contributed by atoms with Crippen molar-refractivity contribution in [1.82, 2.24) is 0 Å². The molecule has 0 heterocycles. The Bertz CT molecular complexity index is 123. The molecule has 1 nitrogen and oxygen atoms in total. The van der Waals surface area contributed by atoms with Crippen molar-refractivity contribution in [2.75, 3.05) is 0 Å². The van der Waals surface area contributed by atoms with E-state index in [1.165, 1.54) is 12.8 Å². The summed E-state index contributed by atoms with van der Waals surface area (Å²) in [5.41, 5.74) is 0. The Kier molecular flexibility index (Phi) is 5.57. The second kappa shape index (κ2) is 5.59. The van der Waals surface area contributed by atoms with Crippen molar-refractivity contribution in [1.29, 1.82) is 0 Å². The van der Waals surface area contributed by atoms with Crippen LogP contribution in [-0.2, 0) is 4.79 Å². The minimum atomic E-state index is -0.200. The Morgan fingerprint density at radius 1 is 1.45 bits per heavy atom. The molecule has 0 amide bonds. The fraction of sp³-hybridized carbons (Fsp3) is 0.889. The van der Waals surface area contributed by atoms with E-state index in [2.05, 4.69) is 13.8 Å². The molecule has 0 aliphatic heterocycles. The summed E-state index contributed by atoms with van der Waals surface area (Å²) in [4.78, 5) is 10.7. The number of unbranched alkanes of at least 4 members (excludes halogenated alkanes) is 1. The standard InChI is InChI=1S/C9H17ClO/c1-4-5-6-7(2)8(3)9(10)11/h7-8H,4-6H2,1-3H3. The Labute approximate surface area is 74.1 Å². The zero-order valence-corrected chi connectivity index (χ0v) is 8.32. The van der Waals surface area contributed by atoms with Gasteiger partial charge in [-0.1, -0.05) is 33.6 Å². The second-order valence-electron chi connectivity index (χ2n) is 3.21. The zero-order chi connectivity index (χ0) is 8.85. The van der Waals surface area contributed by atoms with Crippen molar-refractivity contribution in [3.63, 3.8) is 0 Å². The largest absolute Gasteiger partial charge is 0.281 e. The van der Waals surface area contributed by atoms with Crippen LogP contribution in [0.25, 0.3) is 0 Å². The summed E-state index contributed by atoms with van der Waals surface area (Å²) in [5.74, 6) is 0.447. The molecule has 0 aromatic rings. The molecule has 11 heavy (non-hydrogen) atoms. The van der Waals surface area contributed by atoms with Gasteiger partial charge in [-0.2, -0.15) is 0 Å². The van der Waals surface area contributed by atoms with Crippen LogP contribution in [0, 0.1) is 11.8 Å². The highest BCUT2D eigenvalue weighted by molar-refractivity contribution is 6.63. The van der Waals surface area contributed by atoms with Gasteiger partial charge >= 0.3 is 0 Å². The average molecular weight is 177 g/mol. The molecular formula is C9H17ClO. The summed E-state index contributed by atoms with van der Waals surface area (Å²) >= 11 is 5.36. The third-order valence-electron chi connectivity index (χ3n) is 2.22. The van der Waals surface area contributed by atoms with E-state index >= 15 is 0 Å². The topological polar surface area (TPSA) is 17.1 Å². The van der Waals surface area contributed by atoms with E-state index < -0.39 is 0 Å². The predicted molar refractivity (Wildman–Crippen MR) is 48.7 cm³/mol. The quantitative estimate of drug-likeness (QED) is 0.588. The van der Waals surface area contributed by atoms with Crippen molar-refractivity contribution >= 4 is 16.8 Å². The molecule has 0 saturated carbocycles. The van der Waals surface area contributed by atoms with Crippen LogP contribution >= 0.6 is 11.6 Å². The van der Waals surface area contributed by atoms with Crippen molar-refractivity contribution in [3.8, 4) is 0 Å². The average Bonchev–Trinajstić information content (AvgIpc) is 1.98. The predicted octanol–water partition coefficient (Wildman–Crippen LogP) is 3.21. The lowest BCUT2D eigenvalue weighted by molar-refractivity contribution is -0.116. The zero-order valence-electron chi connectivity index (χ0n) is 7.56. The second-order valence-corrected chi connectivity index (χ2v) is 3.58. The summed E-state index contributed by atoms with van der Waals surface area (Å²) < 4.78 is 0. The van der Waals surface area contributed by atoms with Gasteiger partial charge in [0.1, 0.15) is 0 Å². The van der Waals surface area contributed by atoms with Crippen molar-refractivity contribution < 1.29 is 4.79 Å². The van der Waals surface area contributed by atoms with Gasteiger partial charge < -0.3 is 0 Å². The first-order valence-electron chi connectivity index (χ1n) is 4.29. The van der Waals surface area contributed by atoms with E-state index in [-0.39, 0.29) is 11.2 Å². The Morgan fingerprint density at radius 2 is 2.00 bits per heavy atom. The molecule has 0 spiro atoms. The molecule has 0 bridgehead atoms. The van der Waals surface area contributed by atoms with Gasteiger partial charge in [0.25, 0.3) is 0 Å². The summed E-state index contributed by atoms with van der Waals surface area (Å²) in [6.45, 7) is 6.14. The van der Waals surface area contributed by atoms with Gasteiger partial charge in [0.05, 0.1) is 0 Å². The number of rotatable bonds is 5. The molecule has 0 N–H and O–H groups in total. The molecule has 0 aromatic heterocycles. The van der Waals surface area contributed by atoms with Crippen LogP contribution in [0.5, 0.6) is 0 Å². The molecular weight excluding hydrogens is 160 g/mol. The lowest BCUT2D eigenvalue weighted by atomic mass is 9.92. The Hall–Kier alpha value is -0.0400. The molecule has 0 aliphatic rings. The first-order valence-corrected chi connectivity index (χ1v) is 4.66. The molecule has 0 aliphatic carbocycles. The first kappa shape index (κ1) is 11.0. The first-order chi connectivity index (χ1) is 5.09. The van der Waals surface area contributed by atoms with Crippen molar-refractivity contribution in [2.24, 2.45) is 11.8 Å². The normalized spacial score (nSPS) is 16.0. The number of hydrogen-bond donors (Lipinski definition) is 0. The molecule has 66 valence electrons. The van der Waals surface area contributed by atoms with Gasteiger partial charge in [-0.3, -0.25) is 4.79 Å². The number of halogens is 1. The maximum atomic E-state index is 10.7. The van der Waals surface area contributed by atoms with Crippen LogP contribution in [0.2, 0.25) is 0 Å². The van der Waals surface area contributed by atoms with E-state index in [1.54, 1.807) is 0 Å². The van der Waals surface area contributed by atoms with Gasteiger partial charge in [0.15, 0.2) is 0 Å². The number of carbonyl (C=O) groups excluding carboxylic acids is 1. The molecule has 2 unspecified atom stereocenters. The molecule has 0 aromatic carbocycles. The van der Waals surface area contributed by atoms with E-state index in [0.717, 1.165) is 6.42 Å². The third kappa shape index (κ3) is 4.41. The van der Waals surface area contributed by atoms with Crippen LogP contribution < -0.4 is 0 Å². The van der Waals surface area contributed by atoms with Gasteiger partial charge in [-0.15, -0.1) is 0 Å². The fourth-order valence-electron chi connectivity index (χ4n) is 1.000. The number of carbonyl (C=O) groups is 1. The van der Waals surface area contributed by atoms with Crippen LogP contribution in [0.4, 0.5) is 0 Å². The van der Waals surface area contributed by atoms with Gasteiger partial charge in [-0.05, 0) is 23.9 Å². The summed E-state index contributed by atoms with van der Waals surface area (Å²) in [7, 11) is 0. The van der Waals surface area contributed by atoms with E-state index in [0.29, 0.717) is 5.92 Å². The van der Waals surface area contributed by atoms with Crippen molar-refractivity contribution in [3.05, 3.63) is 0 Å². The minimum absolute atomic E-state index is 0.0169. The third-order valence-corrected chi connectivity index (χ3v) is 2.57. The molecule has 2 heteroatoms. The molecule has 0 fully saturated rings. The summed E-state index contributed by atoms with van der Waals surface area (Å²) in [5, 5.41) is -0.200. The lowest BCUT2D eigenvalue weighted by Gasteiger charge is -2.14. The Balaban J connectivity index is 3.63. The molecule has 2 atom stereocenters. The SMILES string of the molecule is CCCCC(C)C(C)C(=O)Cl. The maximum Gasteiger partial charge on any atom is 0.224 e. The summed E-state index contributed by atoms with van der Waals surface area (Å²) in [6.07, 6.45) is 3.49. The van der Waals surface area contributed by atoms with Gasteiger partial charge in [0.2, 0.25) is 5.24 Å². The van der Waals surface area contributed by atoms with Gasteiger partial charge in [-0.25, -0.2) is 0 Å². The fourth-order valence-corrected chi connectivity index (χ4v) is 1.21. The molecule has 0 saturated heterocycles. The smallest absolute Gasteiger partial charge is 0.224 e. The highest BCUT2D eigenvalue weighted by atomic mass is 35.5. The Morgan fingerprint density at radius 3 is 2.36 bits per heavy atom. The lowest BCUT2D eigenvalue weighted by Crippen LogP contribution is -2.14. The minimum Gasteiger partial charge on any atom is -0.281 e. The van der Waals surface area contributed by atoms with Crippen LogP contribution in [0.1, 0.15) is 40.0 Å². The van der Waals surface area contributed by atoms with E-state index in [4.69, 9.17) is 11.6 Å². The van der Waals surface area contributed by atoms with Crippen molar-refractivity contribution in [2.45, 2.75) is 40.0 Å². The van der Waals surface area contributed by atoms with E-state index in [9.17, 15) is 4.79 Å². The molecule has 0 rings (SSSR count). The monoisotopic (exact) mass is 176 g/mol. The van der Waals surface area contributed by atoms with E-state index in [1.807, 2.05) is 6.92 Å². The maximum absolute atomic E-state index is 10.7. The highest BCUT2D eigenvalue weighted by Crippen LogP contribution is 2.19.